The first kappa shape index (κ1) is 17.6. The Hall–Kier alpha value is -2.22. The van der Waals surface area contributed by atoms with E-state index in [-0.39, 0.29) is 18.4 Å². The van der Waals surface area contributed by atoms with E-state index in [0.717, 1.165) is 10.2 Å². The summed E-state index contributed by atoms with van der Waals surface area (Å²) in [6, 6.07) is 7.50. The van der Waals surface area contributed by atoms with Crippen molar-refractivity contribution in [2.24, 2.45) is 5.92 Å². The van der Waals surface area contributed by atoms with Gasteiger partial charge in [-0.15, -0.1) is 0 Å². The lowest BCUT2D eigenvalue weighted by atomic mass is 10.1. The normalized spacial score (nSPS) is 17.2. The lowest BCUT2D eigenvalue weighted by Gasteiger charge is -2.20. The van der Waals surface area contributed by atoms with E-state index < -0.39 is 5.92 Å². The number of hydrogen-bond donors (Lipinski definition) is 0. The molecular weight excluding hydrogens is 388 g/mol. The molecule has 1 aromatic carbocycles. The Morgan fingerprint density at radius 1 is 1.44 bits per heavy atom. The molecule has 0 radical (unpaired) electrons. The van der Waals surface area contributed by atoms with Crippen LogP contribution in [0.25, 0.3) is 0 Å². The molecular formula is C17H19BrN4O3. The number of hydrogen-bond acceptors (Lipinski definition) is 5. The van der Waals surface area contributed by atoms with Gasteiger partial charge in [0, 0.05) is 24.5 Å². The van der Waals surface area contributed by atoms with Crippen molar-refractivity contribution < 1.29 is 14.1 Å². The maximum atomic E-state index is 12.7. The van der Waals surface area contributed by atoms with E-state index in [0.29, 0.717) is 31.1 Å². The number of halogens is 1. The van der Waals surface area contributed by atoms with E-state index in [1.807, 2.05) is 31.2 Å². The van der Waals surface area contributed by atoms with Crippen LogP contribution in [0.3, 0.4) is 0 Å². The van der Waals surface area contributed by atoms with E-state index in [1.165, 1.54) is 4.90 Å². The van der Waals surface area contributed by atoms with E-state index in [9.17, 15) is 9.59 Å². The van der Waals surface area contributed by atoms with Crippen molar-refractivity contribution in [3.05, 3.63) is 40.5 Å². The molecule has 1 aliphatic rings. The molecule has 3 rings (SSSR count). The zero-order valence-corrected chi connectivity index (χ0v) is 15.7. The number of carbonyl (C=O) groups excluding carboxylic acids is 2. The third kappa shape index (κ3) is 3.58. The van der Waals surface area contributed by atoms with Gasteiger partial charge in [-0.1, -0.05) is 24.2 Å². The quantitative estimate of drug-likeness (QED) is 0.712. The summed E-state index contributed by atoms with van der Waals surface area (Å²) in [6.07, 6.45) is 1.16. The predicted octanol–water partition coefficient (Wildman–Crippen LogP) is 2.41. The van der Waals surface area contributed by atoms with Gasteiger partial charge in [0.1, 0.15) is 5.92 Å². The maximum Gasteiger partial charge on any atom is 0.246 e. The maximum absolute atomic E-state index is 12.7. The van der Waals surface area contributed by atoms with Crippen LogP contribution in [0, 0.1) is 5.92 Å². The van der Waals surface area contributed by atoms with Crippen LogP contribution in [-0.2, 0) is 22.6 Å². The average Bonchev–Trinajstić information content (AvgIpc) is 3.21. The second-order valence-corrected chi connectivity index (χ2v) is 6.79. The van der Waals surface area contributed by atoms with Gasteiger partial charge < -0.3 is 14.3 Å². The first-order valence-corrected chi connectivity index (χ1v) is 8.93. The molecule has 1 atom stereocenters. The third-order valence-corrected chi connectivity index (χ3v) is 4.89. The zero-order chi connectivity index (χ0) is 18.0. The summed E-state index contributed by atoms with van der Waals surface area (Å²) in [7, 11) is 1.65. The number of benzene rings is 1. The van der Waals surface area contributed by atoms with E-state index >= 15 is 0 Å². The van der Waals surface area contributed by atoms with Crippen LogP contribution < -0.4 is 4.90 Å². The molecule has 2 heterocycles. The van der Waals surface area contributed by atoms with Crippen LogP contribution in [0.2, 0.25) is 0 Å². The van der Waals surface area contributed by atoms with E-state index in [4.69, 9.17) is 4.52 Å². The van der Waals surface area contributed by atoms with Crippen LogP contribution in [0.15, 0.2) is 33.3 Å². The Morgan fingerprint density at radius 2 is 2.20 bits per heavy atom. The summed E-state index contributed by atoms with van der Waals surface area (Å²) in [4.78, 5) is 32.7. The Morgan fingerprint density at radius 3 is 2.88 bits per heavy atom. The molecule has 1 fully saturated rings. The number of para-hydroxylation sites is 1. The van der Waals surface area contributed by atoms with Gasteiger partial charge in [-0.3, -0.25) is 9.59 Å². The summed E-state index contributed by atoms with van der Waals surface area (Å²) in [5, 5.41) is 3.82. The first-order chi connectivity index (χ1) is 12.0. The Labute approximate surface area is 154 Å². The minimum atomic E-state index is -0.675. The minimum absolute atomic E-state index is 0.177. The molecule has 0 saturated carbocycles. The fourth-order valence-corrected chi connectivity index (χ4v) is 3.36. The summed E-state index contributed by atoms with van der Waals surface area (Å²) in [6.45, 7) is 2.65. The fourth-order valence-electron chi connectivity index (χ4n) is 2.86. The number of aromatic nitrogens is 2. The Balaban J connectivity index is 1.68. The van der Waals surface area contributed by atoms with Crippen LogP contribution in [-0.4, -0.2) is 40.4 Å². The molecule has 0 aliphatic carbocycles. The third-order valence-electron chi connectivity index (χ3n) is 4.22. The molecule has 2 aromatic rings. The van der Waals surface area contributed by atoms with Crippen molar-refractivity contribution in [2.45, 2.75) is 26.3 Å². The topological polar surface area (TPSA) is 79.5 Å². The first-order valence-electron chi connectivity index (χ1n) is 8.13. The SMILES string of the molecule is CCc1noc(CN(C)C(=O)C2CCN(c3ccccc3Br)C2=O)n1. The Bertz CT molecular complexity index is 792. The van der Waals surface area contributed by atoms with Crippen LogP contribution in [0.4, 0.5) is 5.69 Å². The molecule has 2 amide bonds. The molecule has 1 aromatic heterocycles. The molecule has 1 aliphatic heterocycles. The molecule has 0 bridgehead atoms. The van der Waals surface area contributed by atoms with Crippen molar-refractivity contribution in [2.75, 3.05) is 18.5 Å². The highest BCUT2D eigenvalue weighted by Crippen LogP contribution is 2.32. The van der Waals surface area contributed by atoms with Gasteiger partial charge in [0.05, 0.1) is 12.2 Å². The molecule has 8 heteroatoms. The molecule has 0 spiro atoms. The lowest BCUT2D eigenvalue weighted by Crippen LogP contribution is -2.37. The largest absolute Gasteiger partial charge is 0.337 e. The standard InChI is InChI=1S/C17H19BrN4O3/c1-3-14-19-15(25-20-14)10-21(2)16(23)11-8-9-22(17(11)24)13-7-5-4-6-12(13)18/h4-7,11H,3,8-10H2,1-2H3. The van der Waals surface area contributed by atoms with Crippen molar-refractivity contribution in [1.82, 2.24) is 15.0 Å². The summed E-state index contributed by atoms with van der Waals surface area (Å²) in [5.74, 6) is -0.0984. The second-order valence-electron chi connectivity index (χ2n) is 5.93. The summed E-state index contributed by atoms with van der Waals surface area (Å²) < 4.78 is 5.95. The number of aryl methyl sites for hydroxylation is 1. The number of amides is 2. The van der Waals surface area contributed by atoms with Gasteiger partial charge in [0.25, 0.3) is 0 Å². The van der Waals surface area contributed by atoms with Crippen molar-refractivity contribution >= 4 is 33.4 Å². The van der Waals surface area contributed by atoms with Gasteiger partial charge >= 0.3 is 0 Å². The monoisotopic (exact) mass is 406 g/mol. The number of anilines is 1. The highest BCUT2D eigenvalue weighted by atomic mass is 79.9. The number of rotatable bonds is 5. The van der Waals surface area contributed by atoms with Gasteiger partial charge in [0.15, 0.2) is 5.82 Å². The summed E-state index contributed by atoms with van der Waals surface area (Å²) in [5.41, 5.74) is 0.787. The molecule has 132 valence electrons. The Kier molecular flexibility index (Phi) is 5.17. The van der Waals surface area contributed by atoms with Gasteiger partial charge in [-0.05, 0) is 34.5 Å². The minimum Gasteiger partial charge on any atom is -0.337 e. The predicted molar refractivity (Wildman–Crippen MR) is 94.8 cm³/mol. The summed E-state index contributed by atoms with van der Waals surface area (Å²) >= 11 is 3.46. The van der Waals surface area contributed by atoms with Gasteiger partial charge in [0.2, 0.25) is 17.7 Å². The average molecular weight is 407 g/mol. The van der Waals surface area contributed by atoms with Crippen molar-refractivity contribution in [1.29, 1.82) is 0 Å². The van der Waals surface area contributed by atoms with Crippen LogP contribution >= 0.6 is 15.9 Å². The van der Waals surface area contributed by atoms with Gasteiger partial charge in [-0.25, -0.2) is 0 Å². The smallest absolute Gasteiger partial charge is 0.246 e. The second kappa shape index (κ2) is 7.35. The van der Waals surface area contributed by atoms with Crippen molar-refractivity contribution in [3.8, 4) is 0 Å². The number of nitrogens with zero attached hydrogens (tertiary/aromatic N) is 4. The molecule has 1 unspecified atom stereocenters. The highest BCUT2D eigenvalue weighted by molar-refractivity contribution is 9.10. The fraction of sp³-hybridized carbons (Fsp3) is 0.412. The van der Waals surface area contributed by atoms with E-state index in [2.05, 4.69) is 26.1 Å². The number of carbonyl (C=O) groups is 2. The molecule has 1 saturated heterocycles. The van der Waals surface area contributed by atoms with Crippen molar-refractivity contribution in [3.63, 3.8) is 0 Å². The zero-order valence-electron chi connectivity index (χ0n) is 14.1. The van der Waals surface area contributed by atoms with Gasteiger partial charge in [-0.2, -0.15) is 4.98 Å². The van der Waals surface area contributed by atoms with Crippen LogP contribution in [0.1, 0.15) is 25.1 Å². The lowest BCUT2D eigenvalue weighted by molar-refractivity contribution is -0.139. The van der Waals surface area contributed by atoms with Crippen LogP contribution in [0.5, 0.6) is 0 Å². The van der Waals surface area contributed by atoms with E-state index in [1.54, 1.807) is 11.9 Å². The highest BCUT2D eigenvalue weighted by Gasteiger charge is 2.39. The molecule has 25 heavy (non-hydrogen) atoms. The molecule has 7 nitrogen and oxygen atoms in total. The molecule has 0 N–H and O–H groups in total.